The van der Waals surface area contributed by atoms with Crippen LogP contribution in [0.5, 0.6) is 0 Å². The van der Waals surface area contributed by atoms with Gasteiger partial charge < -0.3 is 4.90 Å². The Kier molecular flexibility index (Phi) is 6.51. The maximum absolute atomic E-state index is 13.8. The van der Waals surface area contributed by atoms with E-state index < -0.39 is 0 Å². The smallest absolute Gasteiger partial charge is 0.119 e. The molecule has 2 aliphatic rings. The summed E-state index contributed by atoms with van der Waals surface area (Å²) in [5, 5.41) is 0. The molecule has 1 aliphatic carbocycles. The monoisotopic (exact) mass is 375 g/mol. The zero-order valence-corrected chi connectivity index (χ0v) is 17.4. The number of aryl methyl sites for hydroxylation is 1. The van der Waals surface area contributed by atoms with Crippen molar-refractivity contribution in [2.75, 3.05) is 4.90 Å². The van der Waals surface area contributed by atoms with Crippen LogP contribution in [-0.4, -0.2) is 0 Å². The van der Waals surface area contributed by atoms with Gasteiger partial charge in [0, 0.05) is 24.0 Å². The zero-order chi connectivity index (χ0) is 20.1. The summed E-state index contributed by atoms with van der Waals surface area (Å²) in [6.07, 6.45) is 15.2. The molecule has 0 aromatic heterocycles. The Balaban J connectivity index is 2.08. The van der Waals surface area contributed by atoms with Crippen molar-refractivity contribution in [1.29, 1.82) is 0 Å². The standard InChI is InChI=1S/C26H30FN/c1-5-19(2)26-18-21(4)24(22-11-7-8-12-23(27)15-14-22)16-17-28(26)25-13-9-6-10-20(25)3/h6,9-17H,5,7-8,18H2,1-4H3. The van der Waals surface area contributed by atoms with Gasteiger partial charge in [0.05, 0.1) is 0 Å². The molecule has 0 saturated carbocycles. The summed E-state index contributed by atoms with van der Waals surface area (Å²) in [4.78, 5) is 2.33. The van der Waals surface area contributed by atoms with E-state index in [0.29, 0.717) is 0 Å². The van der Waals surface area contributed by atoms with E-state index in [1.807, 2.05) is 6.08 Å². The fourth-order valence-corrected chi connectivity index (χ4v) is 3.74. The first-order valence-electron chi connectivity index (χ1n) is 10.2. The van der Waals surface area contributed by atoms with Crippen LogP contribution in [0.25, 0.3) is 0 Å². The second-order valence-corrected chi connectivity index (χ2v) is 7.58. The van der Waals surface area contributed by atoms with Gasteiger partial charge in [0.1, 0.15) is 5.83 Å². The van der Waals surface area contributed by atoms with Gasteiger partial charge in [0.2, 0.25) is 0 Å². The van der Waals surface area contributed by atoms with Crippen LogP contribution >= 0.6 is 0 Å². The molecule has 0 amide bonds. The van der Waals surface area contributed by atoms with Crippen LogP contribution in [0.1, 0.15) is 52.0 Å². The quantitative estimate of drug-likeness (QED) is 0.520. The fraction of sp³-hybridized carbons (Fsp3) is 0.308. The number of anilines is 1. The van der Waals surface area contributed by atoms with Gasteiger partial charge in [-0.2, -0.15) is 0 Å². The molecule has 146 valence electrons. The predicted octanol–water partition coefficient (Wildman–Crippen LogP) is 7.85. The Morgan fingerprint density at radius 3 is 2.54 bits per heavy atom. The summed E-state index contributed by atoms with van der Waals surface area (Å²) in [6, 6.07) is 8.51. The van der Waals surface area contributed by atoms with E-state index in [1.165, 1.54) is 33.7 Å². The molecule has 0 spiro atoms. The summed E-state index contributed by atoms with van der Waals surface area (Å²) < 4.78 is 13.8. The van der Waals surface area contributed by atoms with Gasteiger partial charge in [-0.25, -0.2) is 4.39 Å². The minimum Gasteiger partial charge on any atom is -0.320 e. The minimum atomic E-state index is -0.148. The Labute approximate surface area is 169 Å². The molecule has 0 fully saturated rings. The molecule has 1 aromatic carbocycles. The summed E-state index contributed by atoms with van der Waals surface area (Å²) in [5.41, 5.74) is 8.82. The van der Waals surface area contributed by atoms with Gasteiger partial charge in [-0.3, -0.25) is 0 Å². The van der Waals surface area contributed by atoms with Crippen LogP contribution in [0.4, 0.5) is 10.1 Å². The molecule has 2 heteroatoms. The van der Waals surface area contributed by atoms with E-state index in [2.05, 4.69) is 75.2 Å². The van der Waals surface area contributed by atoms with E-state index in [1.54, 1.807) is 12.2 Å². The third-order valence-corrected chi connectivity index (χ3v) is 5.57. The third-order valence-electron chi connectivity index (χ3n) is 5.57. The Hall–Kier alpha value is -2.61. The molecule has 0 radical (unpaired) electrons. The number of halogens is 1. The van der Waals surface area contributed by atoms with Gasteiger partial charge in [0.25, 0.3) is 0 Å². The van der Waals surface area contributed by atoms with Crippen LogP contribution in [0.2, 0.25) is 0 Å². The number of benzene rings is 1. The van der Waals surface area contributed by atoms with Crippen molar-refractivity contribution in [1.82, 2.24) is 0 Å². The molecule has 1 nitrogen and oxygen atoms in total. The highest BCUT2D eigenvalue weighted by molar-refractivity contribution is 5.64. The first-order valence-corrected chi connectivity index (χ1v) is 10.2. The van der Waals surface area contributed by atoms with Gasteiger partial charge in [0.15, 0.2) is 0 Å². The van der Waals surface area contributed by atoms with E-state index in [4.69, 9.17) is 0 Å². The zero-order valence-electron chi connectivity index (χ0n) is 17.4. The van der Waals surface area contributed by atoms with Gasteiger partial charge in [-0.05, 0) is 81.0 Å². The highest BCUT2D eigenvalue weighted by Crippen LogP contribution is 2.35. The molecule has 1 aromatic rings. The number of hydrogen-bond donors (Lipinski definition) is 0. The number of allylic oxidation sites excluding steroid dienone is 10. The summed E-state index contributed by atoms with van der Waals surface area (Å²) >= 11 is 0. The lowest BCUT2D eigenvalue weighted by atomic mass is 9.95. The summed E-state index contributed by atoms with van der Waals surface area (Å²) in [6.45, 7) is 8.79. The highest BCUT2D eigenvalue weighted by Gasteiger charge is 2.19. The van der Waals surface area contributed by atoms with Crippen LogP contribution in [0.15, 0.2) is 94.7 Å². The number of nitrogens with zero attached hydrogens (tertiary/aromatic N) is 1. The van der Waals surface area contributed by atoms with Crippen molar-refractivity contribution < 1.29 is 4.39 Å². The van der Waals surface area contributed by atoms with Crippen molar-refractivity contribution in [3.8, 4) is 0 Å². The molecule has 0 bridgehead atoms. The first-order chi connectivity index (χ1) is 13.5. The molecule has 0 N–H and O–H groups in total. The van der Waals surface area contributed by atoms with E-state index in [-0.39, 0.29) is 5.83 Å². The number of hydrogen-bond acceptors (Lipinski definition) is 1. The largest absolute Gasteiger partial charge is 0.320 e. The van der Waals surface area contributed by atoms with E-state index >= 15 is 0 Å². The van der Waals surface area contributed by atoms with Crippen molar-refractivity contribution >= 4 is 5.69 Å². The van der Waals surface area contributed by atoms with Gasteiger partial charge in [-0.1, -0.05) is 48.4 Å². The second-order valence-electron chi connectivity index (χ2n) is 7.58. The second kappa shape index (κ2) is 9.05. The predicted molar refractivity (Wildman–Crippen MR) is 119 cm³/mol. The summed E-state index contributed by atoms with van der Waals surface area (Å²) in [5.74, 6) is -0.148. The summed E-state index contributed by atoms with van der Waals surface area (Å²) in [7, 11) is 0. The molecular weight excluding hydrogens is 345 g/mol. The van der Waals surface area contributed by atoms with Crippen LogP contribution in [0.3, 0.4) is 0 Å². The topological polar surface area (TPSA) is 3.24 Å². The lowest BCUT2D eigenvalue weighted by Gasteiger charge is -2.27. The maximum Gasteiger partial charge on any atom is 0.119 e. The fourth-order valence-electron chi connectivity index (χ4n) is 3.74. The normalized spacial score (nSPS) is 19.7. The number of rotatable bonds is 3. The average molecular weight is 376 g/mol. The molecule has 1 heterocycles. The molecule has 0 unspecified atom stereocenters. The van der Waals surface area contributed by atoms with E-state index in [0.717, 1.165) is 31.3 Å². The van der Waals surface area contributed by atoms with Crippen molar-refractivity contribution in [2.45, 2.75) is 53.4 Å². The lowest BCUT2D eigenvalue weighted by Crippen LogP contribution is -2.17. The molecule has 0 saturated heterocycles. The highest BCUT2D eigenvalue weighted by atomic mass is 19.1. The van der Waals surface area contributed by atoms with Crippen LogP contribution < -0.4 is 4.90 Å². The Morgan fingerprint density at radius 2 is 1.79 bits per heavy atom. The van der Waals surface area contributed by atoms with Crippen molar-refractivity contribution in [3.63, 3.8) is 0 Å². The molecule has 0 atom stereocenters. The van der Waals surface area contributed by atoms with Crippen LogP contribution in [0, 0.1) is 6.92 Å². The minimum absolute atomic E-state index is 0.148. The Bertz CT molecular complexity index is 922. The third kappa shape index (κ3) is 4.44. The van der Waals surface area contributed by atoms with Crippen molar-refractivity contribution in [2.24, 2.45) is 0 Å². The van der Waals surface area contributed by atoms with Gasteiger partial charge >= 0.3 is 0 Å². The van der Waals surface area contributed by atoms with E-state index in [9.17, 15) is 4.39 Å². The van der Waals surface area contributed by atoms with Gasteiger partial charge in [-0.15, -0.1) is 0 Å². The average Bonchev–Trinajstić information content (AvgIpc) is 2.84. The number of para-hydroxylation sites is 1. The molecule has 1 aliphatic heterocycles. The molecule has 28 heavy (non-hydrogen) atoms. The first kappa shape index (κ1) is 20.1. The molecule has 3 rings (SSSR count). The lowest BCUT2D eigenvalue weighted by molar-refractivity contribution is 0.658. The Morgan fingerprint density at radius 1 is 1.04 bits per heavy atom. The van der Waals surface area contributed by atoms with Crippen LogP contribution in [-0.2, 0) is 0 Å². The molecular formula is C26H30FN. The maximum atomic E-state index is 13.8. The van der Waals surface area contributed by atoms with Crippen molar-refractivity contribution in [3.05, 3.63) is 100 Å². The SMILES string of the molecule is CCC(C)=C1CC(C)=C(C2=CCCC=C(F)C=C2)C=CN1c1ccccc1C.